The molecular weight excluding hydrogens is 297 g/mol. The van der Waals surface area contributed by atoms with E-state index in [-0.39, 0.29) is 0 Å². The van der Waals surface area contributed by atoms with E-state index in [2.05, 4.69) is 4.98 Å². The average molecular weight is 310 g/mol. The maximum Gasteiger partial charge on any atom is 0.338 e. The number of carbonyl (C=O) groups excluding carboxylic acids is 1. The summed E-state index contributed by atoms with van der Waals surface area (Å²) < 4.78 is 5.18. The molecule has 20 heavy (non-hydrogen) atoms. The molecule has 0 radical (unpaired) electrons. The van der Waals surface area contributed by atoms with E-state index >= 15 is 0 Å². The van der Waals surface area contributed by atoms with Gasteiger partial charge in [0, 0.05) is 22.4 Å². The van der Waals surface area contributed by atoms with Gasteiger partial charge >= 0.3 is 5.97 Å². The maximum absolute atomic E-state index is 11.8. The molecule has 0 unspecified atom stereocenters. The molecule has 1 heterocycles. The van der Waals surface area contributed by atoms with Gasteiger partial charge in [0.1, 0.15) is 0 Å². The van der Waals surface area contributed by atoms with E-state index in [1.54, 1.807) is 18.5 Å². The minimum Gasteiger partial charge on any atom is -0.462 e. The van der Waals surface area contributed by atoms with Gasteiger partial charge in [-0.3, -0.25) is 4.98 Å². The Labute approximate surface area is 127 Å². The molecule has 0 saturated heterocycles. The van der Waals surface area contributed by atoms with Crippen LogP contribution < -0.4 is 0 Å². The van der Waals surface area contributed by atoms with Crippen molar-refractivity contribution in [3.8, 4) is 0 Å². The molecule has 0 atom stereocenters. The van der Waals surface area contributed by atoms with E-state index in [1.807, 2.05) is 12.1 Å². The first-order chi connectivity index (χ1) is 9.65. The van der Waals surface area contributed by atoms with Crippen LogP contribution in [0.3, 0.4) is 0 Å². The van der Waals surface area contributed by atoms with E-state index in [4.69, 9.17) is 27.9 Å². The fourth-order valence-corrected chi connectivity index (χ4v) is 2.27. The molecule has 1 aromatic carbocycles. The van der Waals surface area contributed by atoms with Crippen LogP contribution in [0.5, 0.6) is 0 Å². The highest BCUT2D eigenvalue weighted by Gasteiger charge is 2.09. The SMILES string of the molecule is O=C(OCCCc1cccnc1)c1cc(Cl)cc(Cl)c1. The summed E-state index contributed by atoms with van der Waals surface area (Å²) in [6, 6.07) is 8.52. The number of benzene rings is 1. The fraction of sp³-hybridized carbons (Fsp3) is 0.200. The smallest absolute Gasteiger partial charge is 0.338 e. The first-order valence-corrected chi connectivity index (χ1v) is 6.93. The van der Waals surface area contributed by atoms with Crippen molar-refractivity contribution in [3.63, 3.8) is 0 Å². The summed E-state index contributed by atoms with van der Waals surface area (Å²) in [4.78, 5) is 15.8. The van der Waals surface area contributed by atoms with Crippen LogP contribution in [0.2, 0.25) is 10.0 Å². The normalized spacial score (nSPS) is 10.3. The molecule has 0 bridgehead atoms. The molecular formula is C15H13Cl2NO2. The van der Waals surface area contributed by atoms with Crippen LogP contribution in [0.4, 0.5) is 0 Å². The van der Waals surface area contributed by atoms with Crippen molar-refractivity contribution in [2.75, 3.05) is 6.61 Å². The first-order valence-electron chi connectivity index (χ1n) is 6.17. The lowest BCUT2D eigenvalue weighted by Gasteiger charge is -2.05. The first kappa shape index (κ1) is 14.8. The highest BCUT2D eigenvalue weighted by atomic mass is 35.5. The summed E-state index contributed by atoms with van der Waals surface area (Å²) >= 11 is 11.7. The Balaban J connectivity index is 1.80. The van der Waals surface area contributed by atoms with Crippen LogP contribution in [-0.4, -0.2) is 17.6 Å². The lowest BCUT2D eigenvalue weighted by atomic mass is 10.2. The molecule has 5 heteroatoms. The number of hydrogen-bond donors (Lipinski definition) is 0. The van der Waals surface area contributed by atoms with Gasteiger partial charge in [0.05, 0.1) is 12.2 Å². The van der Waals surface area contributed by atoms with Gasteiger partial charge in [-0.1, -0.05) is 29.3 Å². The van der Waals surface area contributed by atoms with E-state index in [0.29, 0.717) is 22.2 Å². The summed E-state index contributed by atoms with van der Waals surface area (Å²) in [5.41, 5.74) is 1.48. The van der Waals surface area contributed by atoms with E-state index in [9.17, 15) is 4.79 Å². The summed E-state index contributed by atoms with van der Waals surface area (Å²) in [6.45, 7) is 0.345. The number of ether oxygens (including phenoxy) is 1. The Morgan fingerprint density at radius 2 is 1.95 bits per heavy atom. The predicted molar refractivity (Wildman–Crippen MR) is 79.3 cm³/mol. The molecule has 0 aliphatic heterocycles. The molecule has 0 amide bonds. The van der Waals surface area contributed by atoms with Crippen molar-refractivity contribution in [1.29, 1.82) is 0 Å². The van der Waals surface area contributed by atoms with Gasteiger partial charge in [-0.05, 0) is 42.7 Å². The second kappa shape index (κ2) is 7.27. The summed E-state index contributed by atoms with van der Waals surface area (Å²) in [7, 11) is 0. The minimum atomic E-state index is -0.416. The monoisotopic (exact) mass is 309 g/mol. The lowest BCUT2D eigenvalue weighted by molar-refractivity contribution is 0.0500. The van der Waals surface area contributed by atoms with Crippen molar-refractivity contribution in [1.82, 2.24) is 4.98 Å². The van der Waals surface area contributed by atoms with Gasteiger partial charge < -0.3 is 4.74 Å². The van der Waals surface area contributed by atoms with Crippen LogP contribution in [-0.2, 0) is 11.2 Å². The highest BCUT2D eigenvalue weighted by molar-refractivity contribution is 6.35. The standard InChI is InChI=1S/C15H13Cl2NO2/c16-13-7-12(8-14(17)9-13)15(19)20-6-2-4-11-3-1-5-18-10-11/h1,3,5,7-10H,2,4,6H2. The lowest BCUT2D eigenvalue weighted by Crippen LogP contribution is -2.07. The minimum absolute atomic E-state index is 0.345. The molecule has 0 fully saturated rings. The second-order valence-electron chi connectivity index (χ2n) is 4.26. The van der Waals surface area contributed by atoms with Crippen molar-refractivity contribution in [3.05, 3.63) is 63.9 Å². The quantitative estimate of drug-likeness (QED) is 0.614. The zero-order chi connectivity index (χ0) is 14.4. The summed E-state index contributed by atoms with van der Waals surface area (Å²) in [5, 5.41) is 0.833. The number of esters is 1. The van der Waals surface area contributed by atoms with Crippen LogP contribution in [0, 0.1) is 0 Å². The Morgan fingerprint density at radius 1 is 1.20 bits per heavy atom. The largest absolute Gasteiger partial charge is 0.462 e. The van der Waals surface area contributed by atoms with Gasteiger partial charge in [-0.25, -0.2) is 4.79 Å². The van der Waals surface area contributed by atoms with Crippen LogP contribution in [0.1, 0.15) is 22.3 Å². The van der Waals surface area contributed by atoms with Gasteiger partial charge in [-0.2, -0.15) is 0 Å². The summed E-state index contributed by atoms with van der Waals surface area (Å²) in [6.07, 6.45) is 5.09. The number of carbonyl (C=O) groups is 1. The van der Waals surface area contributed by atoms with Gasteiger partial charge in [0.15, 0.2) is 0 Å². The zero-order valence-corrected chi connectivity index (χ0v) is 12.2. The fourth-order valence-electron chi connectivity index (χ4n) is 1.74. The number of aromatic nitrogens is 1. The number of rotatable bonds is 5. The number of aryl methyl sites for hydroxylation is 1. The zero-order valence-electron chi connectivity index (χ0n) is 10.7. The van der Waals surface area contributed by atoms with Crippen LogP contribution >= 0.6 is 23.2 Å². The molecule has 0 aliphatic rings. The molecule has 104 valence electrons. The van der Waals surface area contributed by atoms with Crippen molar-refractivity contribution in [2.45, 2.75) is 12.8 Å². The molecule has 0 N–H and O–H groups in total. The number of nitrogens with zero attached hydrogens (tertiary/aromatic N) is 1. The van der Waals surface area contributed by atoms with Gasteiger partial charge in [-0.15, -0.1) is 0 Å². The van der Waals surface area contributed by atoms with Crippen LogP contribution in [0.15, 0.2) is 42.7 Å². The Bertz CT molecular complexity index is 567. The Morgan fingerprint density at radius 3 is 2.60 bits per heavy atom. The Hall–Kier alpha value is -1.58. The van der Waals surface area contributed by atoms with E-state index in [1.165, 1.54) is 12.1 Å². The van der Waals surface area contributed by atoms with Crippen LogP contribution in [0.25, 0.3) is 0 Å². The average Bonchev–Trinajstić information content (AvgIpc) is 2.43. The van der Waals surface area contributed by atoms with Gasteiger partial charge in [0.2, 0.25) is 0 Å². The van der Waals surface area contributed by atoms with Crippen molar-refractivity contribution < 1.29 is 9.53 Å². The number of pyridine rings is 1. The molecule has 1 aromatic heterocycles. The third-order valence-corrected chi connectivity index (χ3v) is 3.10. The van der Waals surface area contributed by atoms with Gasteiger partial charge in [0.25, 0.3) is 0 Å². The summed E-state index contributed by atoms with van der Waals surface area (Å²) in [5.74, 6) is -0.416. The van der Waals surface area contributed by atoms with Crippen molar-refractivity contribution in [2.24, 2.45) is 0 Å². The second-order valence-corrected chi connectivity index (χ2v) is 5.13. The molecule has 2 aromatic rings. The molecule has 0 saturated carbocycles. The topological polar surface area (TPSA) is 39.2 Å². The maximum atomic E-state index is 11.8. The molecule has 3 nitrogen and oxygen atoms in total. The number of hydrogen-bond acceptors (Lipinski definition) is 3. The molecule has 2 rings (SSSR count). The molecule has 0 aliphatic carbocycles. The third-order valence-electron chi connectivity index (χ3n) is 2.66. The van der Waals surface area contributed by atoms with E-state index in [0.717, 1.165) is 18.4 Å². The number of halogens is 2. The van der Waals surface area contributed by atoms with E-state index < -0.39 is 5.97 Å². The van der Waals surface area contributed by atoms with Crippen molar-refractivity contribution >= 4 is 29.2 Å². The highest BCUT2D eigenvalue weighted by Crippen LogP contribution is 2.19. The molecule has 0 spiro atoms. The Kier molecular flexibility index (Phi) is 5.39. The predicted octanol–water partition coefficient (Wildman–Crippen LogP) is 4.18. The third kappa shape index (κ3) is 4.51.